The van der Waals surface area contributed by atoms with Crippen molar-refractivity contribution in [1.29, 1.82) is 0 Å². The molecule has 2 aliphatic rings. The molecule has 2 bridgehead atoms. The maximum Gasteiger partial charge on any atom is 0.243 e. The lowest BCUT2D eigenvalue weighted by molar-refractivity contribution is 0.287. The number of hydrogen-bond donors (Lipinski definition) is 0. The zero-order valence-electron chi connectivity index (χ0n) is 49.8. The molecular weight excluding hydrogens is 1240 g/mol. The number of fused-ring (bicyclic) bond motifs is 18. The predicted octanol–water partition coefficient (Wildman–Crippen LogP) is 8.85. The molecule has 0 aromatic heterocycles. The van der Waals surface area contributed by atoms with Gasteiger partial charge in [0.05, 0.1) is 29.4 Å². The van der Waals surface area contributed by atoms with Crippen molar-refractivity contribution in [2.24, 2.45) is 0 Å². The van der Waals surface area contributed by atoms with Gasteiger partial charge in [-0.15, -0.1) is 0 Å². The third kappa shape index (κ3) is 14.7. The Hall–Kier alpha value is -6.52. The third-order valence-corrected chi connectivity index (χ3v) is 27.1. The molecular formula is C64H72N6O12S6. The second-order valence-electron chi connectivity index (χ2n) is 22.1. The third-order valence-electron chi connectivity index (χ3n) is 15.7. The molecule has 0 unspecified atom stereocenters. The van der Waals surface area contributed by atoms with Crippen molar-refractivity contribution in [3.05, 3.63) is 226 Å². The Bertz CT molecular complexity index is 4210. The van der Waals surface area contributed by atoms with E-state index in [9.17, 15) is 0 Å². The van der Waals surface area contributed by atoms with Gasteiger partial charge in [0.1, 0.15) is 0 Å². The number of aryl methyl sites for hydroxylation is 6. The van der Waals surface area contributed by atoms with E-state index in [1.54, 1.807) is 151 Å². The van der Waals surface area contributed by atoms with Gasteiger partial charge >= 0.3 is 0 Å². The molecule has 0 saturated carbocycles. The van der Waals surface area contributed by atoms with Crippen LogP contribution in [0, 0.1) is 41.5 Å². The number of nitrogens with zero attached hydrogens (tertiary/aromatic N) is 6. The van der Waals surface area contributed by atoms with E-state index in [0.717, 1.165) is 59.2 Å². The minimum absolute atomic E-state index is 0.0793. The molecule has 0 saturated heterocycles. The summed E-state index contributed by atoms with van der Waals surface area (Å²) in [4.78, 5) is -0.834. The second kappa shape index (κ2) is 26.9. The number of hydrogen-bond acceptors (Lipinski definition) is 12. The Morgan fingerprint density at radius 1 is 0.216 bits per heavy atom. The Morgan fingerprint density at radius 2 is 0.375 bits per heavy atom. The number of rotatable bonds is 12. The SMILES string of the molecule is Cc1ccc(S(=O)(=O)N2CCN(S(=O)(=O)c3ccc(C)cc3)CCN(S(=O)(=O)c3ccc(C)cc3)CCN(S(=O)(=O)c3ccc(C)cc3)Cc3ccc(c4ccccc34)CN(S(=O)(=O)c3ccc(C)cc3)CCN(S(=O)(=O)c3ccc(C)cc3)CC2)cc1. The first-order chi connectivity index (χ1) is 41.6. The average molecular weight is 1310 g/mol. The highest BCUT2D eigenvalue weighted by Gasteiger charge is 2.36. The Kier molecular flexibility index (Phi) is 20.1. The summed E-state index contributed by atoms with van der Waals surface area (Å²) in [6.07, 6.45) is 0. The van der Waals surface area contributed by atoms with Gasteiger partial charge in [-0.25, -0.2) is 50.5 Å². The summed E-state index contributed by atoms with van der Waals surface area (Å²) in [6, 6.07) is 46.8. The van der Waals surface area contributed by atoms with Crippen LogP contribution in [0.4, 0.5) is 0 Å². The number of benzene rings is 8. The van der Waals surface area contributed by atoms with Crippen LogP contribution in [0.15, 0.2) is 211 Å². The summed E-state index contributed by atoms with van der Waals surface area (Å²) in [5, 5.41) is 1.08. The van der Waals surface area contributed by atoms with Gasteiger partial charge in [-0.2, -0.15) is 25.8 Å². The van der Waals surface area contributed by atoms with Crippen molar-refractivity contribution in [3.8, 4) is 0 Å². The van der Waals surface area contributed by atoms with E-state index in [1.165, 1.54) is 72.8 Å². The highest BCUT2D eigenvalue weighted by molar-refractivity contribution is 7.90. The van der Waals surface area contributed by atoms with E-state index in [2.05, 4.69) is 0 Å². The van der Waals surface area contributed by atoms with Crippen molar-refractivity contribution < 1.29 is 50.5 Å². The quantitative estimate of drug-likeness (QED) is 0.105. The number of sulfonamides is 6. The molecule has 0 N–H and O–H groups in total. The second-order valence-corrected chi connectivity index (χ2v) is 33.7. The minimum Gasteiger partial charge on any atom is -0.207 e. The lowest BCUT2D eigenvalue weighted by Crippen LogP contribution is -2.48. The van der Waals surface area contributed by atoms with Gasteiger partial charge in [0.15, 0.2) is 0 Å². The maximum atomic E-state index is 15.2. The van der Waals surface area contributed by atoms with Gasteiger partial charge in [0.2, 0.25) is 60.1 Å². The van der Waals surface area contributed by atoms with E-state index in [-0.39, 0.29) is 42.5 Å². The molecule has 0 aliphatic carbocycles. The van der Waals surface area contributed by atoms with Crippen LogP contribution in [0.1, 0.15) is 44.5 Å². The molecule has 24 heteroatoms. The lowest BCUT2D eigenvalue weighted by atomic mass is 9.99. The largest absolute Gasteiger partial charge is 0.243 e. The van der Waals surface area contributed by atoms with Gasteiger partial charge in [0, 0.05) is 78.5 Å². The Balaban J connectivity index is 1.25. The van der Waals surface area contributed by atoms with Crippen LogP contribution in [-0.4, -0.2) is 142 Å². The Labute approximate surface area is 519 Å². The molecule has 0 fully saturated rings. The van der Waals surface area contributed by atoms with Gasteiger partial charge < -0.3 is 0 Å². The molecule has 466 valence electrons. The maximum absolute atomic E-state index is 15.2. The fourth-order valence-electron chi connectivity index (χ4n) is 10.3. The van der Waals surface area contributed by atoms with Gasteiger partial charge in [-0.05, 0) is 136 Å². The molecule has 8 aromatic carbocycles. The van der Waals surface area contributed by atoms with Gasteiger partial charge in [0.25, 0.3) is 0 Å². The molecule has 0 radical (unpaired) electrons. The summed E-state index contributed by atoms with van der Waals surface area (Å²) < 4.78 is 188. The van der Waals surface area contributed by atoms with Crippen LogP contribution in [0.5, 0.6) is 0 Å². The summed E-state index contributed by atoms with van der Waals surface area (Å²) in [7, 11) is -27.4. The van der Waals surface area contributed by atoms with E-state index in [4.69, 9.17) is 0 Å². The van der Waals surface area contributed by atoms with Crippen LogP contribution in [0.2, 0.25) is 0 Å². The first-order valence-corrected chi connectivity index (χ1v) is 37.1. The van der Waals surface area contributed by atoms with E-state index < -0.39 is 126 Å². The van der Waals surface area contributed by atoms with E-state index in [0.29, 0.717) is 21.9 Å². The van der Waals surface area contributed by atoms with E-state index >= 15 is 50.5 Å². The summed E-state index contributed by atoms with van der Waals surface area (Å²) in [5.41, 5.74) is 5.50. The molecule has 18 nitrogen and oxygen atoms in total. The van der Waals surface area contributed by atoms with Gasteiger partial charge in [-0.1, -0.05) is 143 Å². The monoisotopic (exact) mass is 1310 g/mol. The van der Waals surface area contributed by atoms with Crippen molar-refractivity contribution in [2.45, 2.75) is 84.0 Å². The predicted molar refractivity (Wildman–Crippen MR) is 341 cm³/mol. The van der Waals surface area contributed by atoms with Crippen LogP contribution in [0.25, 0.3) is 10.8 Å². The average Bonchev–Trinajstić information content (AvgIpc) is 3.35. The minimum atomic E-state index is -4.63. The van der Waals surface area contributed by atoms with E-state index in [1.807, 2.05) is 0 Å². The first-order valence-electron chi connectivity index (χ1n) is 28.5. The zero-order valence-corrected chi connectivity index (χ0v) is 54.7. The van der Waals surface area contributed by atoms with Crippen LogP contribution >= 0.6 is 0 Å². The molecule has 88 heavy (non-hydrogen) atoms. The highest BCUT2D eigenvalue weighted by Crippen LogP contribution is 2.31. The smallest absolute Gasteiger partial charge is 0.207 e. The highest BCUT2D eigenvalue weighted by atomic mass is 32.2. The normalized spacial score (nSPS) is 16.7. The molecule has 0 spiro atoms. The fraction of sp³-hybridized carbons (Fsp3) is 0.281. The summed E-state index contributed by atoms with van der Waals surface area (Å²) in [5.74, 6) is 0. The van der Waals surface area contributed by atoms with Crippen molar-refractivity contribution in [2.75, 3.05) is 65.4 Å². The first kappa shape index (κ1) is 65.9. The molecule has 2 heterocycles. The van der Waals surface area contributed by atoms with Crippen LogP contribution in [-0.2, 0) is 73.2 Å². The molecule has 8 aromatic rings. The fourth-order valence-corrected chi connectivity index (χ4v) is 18.8. The topological polar surface area (TPSA) is 224 Å². The molecule has 10 rings (SSSR count). The zero-order chi connectivity index (χ0) is 63.4. The molecule has 2 aliphatic heterocycles. The standard InChI is InChI=1S/C64H72N6O12S6/c1-49-11-25-57(26-12-49)83(71,72)65-37-38-66(84(73,74)58-27-13-50(2)14-28-58)40-42-68(86(77,78)60-31-17-52(4)18-32-60)44-46-70(88(81,82)62-35-21-54(6)22-36-62)48-56-24-23-55(63-9-7-8-10-64(56)63)47-69(87(79,80)61-33-19-53(5)20-34-61)45-43-67(41-39-65)85(75,76)59-29-15-51(3)16-30-59/h7-36H,37-48H2,1-6H3. The lowest BCUT2D eigenvalue weighted by Gasteiger charge is -2.32. The summed E-state index contributed by atoms with van der Waals surface area (Å²) in [6.45, 7) is 4.76. The Morgan fingerprint density at radius 3 is 0.557 bits per heavy atom. The van der Waals surface area contributed by atoms with Crippen LogP contribution < -0.4 is 0 Å². The molecule has 0 atom stereocenters. The van der Waals surface area contributed by atoms with Gasteiger partial charge in [-0.3, -0.25) is 0 Å². The molecule has 0 amide bonds. The van der Waals surface area contributed by atoms with Crippen molar-refractivity contribution in [1.82, 2.24) is 25.8 Å². The summed E-state index contributed by atoms with van der Waals surface area (Å²) >= 11 is 0. The van der Waals surface area contributed by atoms with Crippen molar-refractivity contribution in [3.63, 3.8) is 0 Å². The van der Waals surface area contributed by atoms with Crippen molar-refractivity contribution >= 4 is 70.9 Å². The van der Waals surface area contributed by atoms with Crippen LogP contribution in [0.3, 0.4) is 0 Å².